The van der Waals surface area contributed by atoms with E-state index in [9.17, 15) is 4.79 Å². The molecule has 0 unspecified atom stereocenters. The number of rotatable bonds is 5. The molecule has 132 valence electrons. The molecule has 0 spiro atoms. The standard InChI is InChI=1S/C16H14Cl3N3OS2/c1-21(2)6-7-22(15(23)9-8-12(18)25-14(9)19)16-20-13-10(17)4-3-5-11(13)24-16/h3-5,8H,6-7H2,1-2H3. The van der Waals surface area contributed by atoms with Crippen LogP contribution in [0.15, 0.2) is 24.3 Å². The SMILES string of the molecule is CN(C)CCN(C(=O)c1cc(Cl)sc1Cl)c1nc2c(Cl)cccc2s1. The number of thiazole rings is 1. The van der Waals surface area contributed by atoms with Crippen LogP contribution in [0.5, 0.6) is 0 Å². The zero-order chi connectivity index (χ0) is 18.1. The molecule has 9 heteroatoms. The molecule has 3 rings (SSSR count). The molecule has 0 N–H and O–H groups in total. The fraction of sp³-hybridized carbons (Fsp3) is 0.250. The monoisotopic (exact) mass is 433 g/mol. The average Bonchev–Trinajstić information content (AvgIpc) is 3.11. The summed E-state index contributed by atoms with van der Waals surface area (Å²) in [6.07, 6.45) is 0. The van der Waals surface area contributed by atoms with Crippen molar-refractivity contribution in [3.8, 4) is 0 Å². The minimum Gasteiger partial charge on any atom is -0.308 e. The van der Waals surface area contributed by atoms with Gasteiger partial charge in [0.25, 0.3) is 5.91 Å². The number of halogens is 3. The number of likely N-dealkylation sites (N-methyl/N-ethyl adjacent to an activating group) is 1. The summed E-state index contributed by atoms with van der Waals surface area (Å²) in [6, 6.07) is 7.19. The third-order valence-electron chi connectivity index (χ3n) is 3.49. The van der Waals surface area contributed by atoms with Crippen LogP contribution in [0.1, 0.15) is 10.4 Å². The Morgan fingerprint density at radius 1 is 1.16 bits per heavy atom. The first kappa shape index (κ1) is 18.9. The number of benzene rings is 1. The molecule has 4 nitrogen and oxygen atoms in total. The molecular formula is C16H14Cl3N3OS2. The fourth-order valence-electron chi connectivity index (χ4n) is 2.23. The Kier molecular flexibility index (Phi) is 5.88. The molecule has 1 amide bonds. The highest BCUT2D eigenvalue weighted by Gasteiger charge is 2.25. The van der Waals surface area contributed by atoms with Crippen LogP contribution in [0.3, 0.4) is 0 Å². The van der Waals surface area contributed by atoms with Crippen LogP contribution < -0.4 is 4.90 Å². The highest BCUT2D eigenvalue weighted by atomic mass is 35.5. The summed E-state index contributed by atoms with van der Waals surface area (Å²) in [6.45, 7) is 1.16. The molecule has 0 saturated carbocycles. The number of carbonyl (C=O) groups excluding carboxylic acids is 1. The number of nitrogens with zero attached hydrogens (tertiary/aromatic N) is 3. The predicted octanol–water partition coefficient (Wildman–Crippen LogP) is 5.53. The van der Waals surface area contributed by atoms with Gasteiger partial charge in [0.2, 0.25) is 0 Å². The molecule has 3 aromatic rings. The predicted molar refractivity (Wildman–Crippen MR) is 109 cm³/mol. The lowest BCUT2D eigenvalue weighted by Gasteiger charge is -2.21. The van der Waals surface area contributed by atoms with Gasteiger partial charge in [0, 0.05) is 13.1 Å². The Bertz CT molecular complexity index is 923. The normalized spacial score (nSPS) is 11.4. The number of carbonyl (C=O) groups is 1. The van der Waals surface area contributed by atoms with Gasteiger partial charge >= 0.3 is 0 Å². The fourth-order valence-corrected chi connectivity index (χ4v) is 4.97. The van der Waals surface area contributed by atoms with E-state index in [2.05, 4.69) is 4.98 Å². The number of hydrogen-bond donors (Lipinski definition) is 0. The van der Waals surface area contributed by atoms with Crippen molar-refractivity contribution < 1.29 is 4.79 Å². The van der Waals surface area contributed by atoms with E-state index in [0.717, 1.165) is 4.70 Å². The summed E-state index contributed by atoms with van der Waals surface area (Å²) in [5.74, 6) is -0.217. The van der Waals surface area contributed by atoms with Crippen LogP contribution in [0.25, 0.3) is 10.2 Å². The highest BCUT2D eigenvalue weighted by molar-refractivity contribution is 7.22. The van der Waals surface area contributed by atoms with Crippen molar-refractivity contribution in [1.29, 1.82) is 0 Å². The Hall–Kier alpha value is -0.890. The topological polar surface area (TPSA) is 36.4 Å². The van der Waals surface area contributed by atoms with E-state index in [0.29, 0.717) is 43.0 Å². The molecule has 0 fully saturated rings. The van der Waals surface area contributed by atoms with Crippen molar-refractivity contribution in [2.75, 3.05) is 32.1 Å². The largest absolute Gasteiger partial charge is 0.308 e. The van der Waals surface area contributed by atoms with Crippen molar-refractivity contribution in [3.05, 3.63) is 43.5 Å². The highest BCUT2D eigenvalue weighted by Crippen LogP contribution is 2.36. The number of amides is 1. The minimum atomic E-state index is -0.217. The molecule has 25 heavy (non-hydrogen) atoms. The van der Waals surface area contributed by atoms with Gasteiger partial charge in [0.1, 0.15) is 9.85 Å². The van der Waals surface area contributed by atoms with Crippen molar-refractivity contribution in [2.24, 2.45) is 0 Å². The van der Waals surface area contributed by atoms with E-state index in [-0.39, 0.29) is 5.91 Å². The Balaban J connectivity index is 2.02. The molecule has 0 bridgehead atoms. The van der Waals surface area contributed by atoms with Crippen molar-refractivity contribution >= 4 is 78.7 Å². The molecule has 2 aromatic heterocycles. The third kappa shape index (κ3) is 4.10. The number of thiophene rings is 1. The van der Waals surface area contributed by atoms with Crippen LogP contribution in [-0.4, -0.2) is 43.0 Å². The summed E-state index contributed by atoms with van der Waals surface area (Å²) in [5.41, 5.74) is 1.09. The zero-order valence-electron chi connectivity index (χ0n) is 13.4. The van der Waals surface area contributed by atoms with Crippen molar-refractivity contribution in [1.82, 2.24) is 9.88 Å². The van der Waals surface area contributed by atoms with Gasteiger partial charge in [-0.25, -0.2) is 4.98 Å². The molecule has 0 aliphatic rings. The lowest BCUT2D eigenvalue weighted by molar-refractivity contribution is 0.0986. The summed E-state index contributed by atoms with van der Waals surface area (Å²) in [4.78, 5) is 21.3. The maximum absolute atomic E-state index is 13.1. The van der Waals surface area contributed by atoms with Crippen LogP contribution >= 0.6 is 57.5 Å². The minimum absolute atomic E-state index is 0.217. The second-order valence-electron chi connectivity index (χ2n) is 5.58. The number of aromatic nitrogens is 1. The van der Waals surface area contributed by atoms with Gasteiger partial charge in [0.15, 0.2) is 5.13 Å². The number of hydrogen-bond acceptors (Lipinski definition) is 5. The van der Waals surface area contributed by atoms with Gasteiger partial charge in [-0.05, 0) is 32.3 Å². The average molecular weight is 435 g/mol. The molecule has 0 radical (unpaired) electrons. The van der Waals surface area contributed by atoms with E-state index in [1.807, 2.05) is 31.1 Å². The smallest absolute Gasteiger partial charge is 0.262 e. The quantitative estimate of drug-likeness (QED) is 0.530. The van der Waals surface area contributed by atoms with Crippen molar-refractivity contribution in [3.63, 3.8) is 0 Å². The van der Waals surface area contributed by atoms with Gasteiger partial charge in [-0.2, -0.15) is 0 Å². The van der Waals surface area contributed by atoms with E-state index in [4.69, 9.17) is 34.8 Å². The van der Waals surface area contributed by atoms with Gasteiger partial charge in [-0.15, -0.1) is 11.3 Å². The molecule has 0 aliphatic carbocycles. The van der Waals surface area contributed by atoms with E-state index >= 15 is 0 Å². The summed E-state index contributed by atoms with van der Waals surface area (Å²) < 4.78 is 1.79. The summed E-state index contributed by atoms with van der Waals surface area (Å²) in [7, 11) is 3.90. The zero-order valence-corrected chi connectivity index (χ0v) is 17.3. The molecule has 1 aromatic carbocycles. The van der Waals surface area contributed by atoms with Crippen LogP contribution in [0, 0.1) is 0 Å². The Morgan fingerprint density at radius 3 is 2.52 bits per heavy atom. The second-order valence-corrected chi connectivity index (χ2v) is 9.28. The van der Waals surface area contributed by atoms with Gasteiger partial charge < -0.3 is 4.90 Å². The lowest BCUT2D eigenvalue weighted by atomic mass is 10.3. The molecule has 0 atom stereocenters. The van der Waals surface area contributed by atoms with Gasteiger partial charge in [0.05, 0.1) is 19.6 Å². The van der Waals surface area contributed by atoms with Crippen LogP contribution in [-0.2, 0) is 0 Å². The third-order valence-corrected chi connectivity index (χ3v) is 6.33. The number of anilines is 1. The molecule has 2 heterocycles. The van der Waals surface area contributed by atoms with E-state index in [1.54, 1.807) is 17.0 Å². The molecular weight excluding hydrogens is 421 g/mol. The maximum atomic E-state index is 13.1. The van der Waals surface area contributed by atoms with Crippen LogP contribution in [0.4, 0.5) is 5.13 Å². The number of para-hydroxylation sites is 1. The first-order valence-electron chi connectivity index (χ1n) is 7.33. The van der Waals surface area contributed by atoms with E-state index < -0.39 is 0 Å². The first-order chi connectivity index (χ1) is 11.9. The maximum Gasteiger partial charge on any atom is 0.262 e. The van der Waals surface area contributed by atoms with Gasteiger partial charge in [-0.3, -0.25) is 9.69 Å². The first-order valence-corrected chi connectivity index (χ1v) is 10.1. The Morgan fingerprint density at radius 2 is 1.92 bits per heavy atom. The summed E-state index contributed by atoms with van der Waals surface area (Å²) in [5, 5.41) is 1.16. The molecule has 0 aliphatic heterocycles. The second kappa shape index (κ2) is 7.78. The summed E-state index contributed by atoms with van der Waals surface area (Å²) >= 11 is 21.0. The molecule has 0 saturated heterocycles. The lowest BCUT2D eigenvalue weighted by Crippen LogP contribution is -2.36. The van der Waals surface area contributed by atoms with Crippen LogP contribution in [0.2, 0.25) is 13.7 Å². The van der Waals surface area contributed by atoms with Gasteiger partial charge in [-0.1, -0.05) is 52.2 Å². The Labute approximate surface area is 168 Å². The van der Waals surface area contributed by atoms with E-state index in [1.165, 1.54) is 22.7 Å². The number of fused-ring (bicyclic) bond motifs is 1. The van der Waals surface area contributed by atoms with Crippen molar-refractivity contribution in [2.45, 2.75) is 0 Å².